The Morgan fingerprint density at radius 3 is 3.00 bits per heavy atom. The number of anilines is 1. The van der Waals surface area contributed by atoms with E-state index in [0.29, 0.717) is 0 Å². The van der Waals surface area contributed by atoms with E-state index in [4.69, 9.17) is 0 Å². The maximum atomic E-state index is 4.08. The van der Waals surface area contributed by atoms with Crippen LogP contribution in [0.5, 0.6) is 0 Å². The zero-order valence-electron chi connectivity index (χ0n) is 8.24. The highest BCUT2D eigenvalue weighted by Crippen LogP contribution is 2.18. The summed E-state index contributed by atoms with van der Waals surface area (Å²) in [4.78, 5) is 7.94. The highest BCUT2D eigenvalue weighted by atomic mass is 15.0. The molecule has 4 heteroatoms. The molecular weight excluding hydrogens is 176 g/mol. The van der Waals surface area contributed by atoms with Crippen LogP contribution in [0.1, 0.15) is 19.3 Å². The summed E-state index contributed by atoms with van der Waals surface area (Å²) in [5, 5.41) is 6.72. The second-order valence-electron chi connectivity index (χ2n) is 3.60. The van der Waals surface area contributed by atoms with Crippen molar-refractivity contribution < 1.29 is 0 Å². The molecule has 0 aromatic carbocycles. The molecule has 0 radical (unpaired) electrons. The third-order valence-corrected chi connectivity index (χ3v) is 2.25. The van der Waals surface area contributed by atoms with Crippen molar-refractivity contribution in [1.82, 2.24) is 15.3 Å². The Balaban J connectivity index is 1.54. The van der Waals surface area contributed by atoms with Crippen LogP contribution in [0.15, 0.2) is 18.6 Å². The standard InChI is InChI=1S/C10H16N4/c1(5-12-9-2-3-9)6-13-10-4-7-11-8-14-10/h4,7-9,12H,1-3,5-6H2,(H,11,13,14). The Hall–Kier alpha value is -1.16. The number of hydrogen-bond donors (Lipinski definition) is 2. The van der Waals surface area contributed by atoms with Crippen molar-refractivity contribution in [1.29, 1.82) is 0 Å². The first kappa shape index (κ1) is 9.40. The number of rotatable bonds is 6. The molecular formula is C10H16N4. The number of nitrogens with zero attached hydrogens (tertiary/aromatic N) is 2. The maximum absolute atomic E-state index is 4.08. The fraction of sp³-hybridized carbons (Fsp3) is 0.600. The molecule has 1 fully saturated rings. The van der Waals surface area contributed by atoms with Crippen molar-refractivity contribution in [3.05, 3.63) is 18.6 Å². The molecule has 0 aliphatic heterocycles. The highest BCUT2D eigenvalue weighted by molar-refractivity contribution is 5.31. The molecule has 14 heavy (non-hydrogen) atoms. The van der Waals surface area contributed by atoms with Gasteiger partial charge in [-0.25, -0.2) is 9.97 Å². The van der Waals surface area contributed by atoms with Gasteiger partial charge in [-0.1, -0.05) is 0 Å². The first-order valence-electron chi connectivity index (χ1n) is 5.18. The van der Waals surface area contributed by atoms with Gasteiger partial charge in [0.2, 0.25) is 0 Å². The minimum atomic E-state index is 0.814. The van der Waals surface area contributed by atoms with Gasteiger partial charge < -0.3 is 10.6 Å². The fourth-order valence-electron chi connectivity index (χ4n) is 1.29. The van der Waals surface area contributed by atoms with Gasteiger partial charge >= 0.3 is 0 Å². The van der Waals surface area contributed by atoms with Crippen LogP contribution in [-0.2, 0) is 0 Å². The molecule has 2 N–H and O–H groups in total. The van der Waals surface area contributed by atoms with Crippen LogP contribution in [0.3, 0.4) is 0 Å². The molecule has 1 aromatic heterocycles. The van der Waals surface area contributed by atoms with Gasteiger partial charge in [-0.05, 0) is 31.9 Å². The number of hydrogen-bond acceptors (Lipinski definition) is 4. The lowest BCUT2D eigenvalue weighted by Crippen LogP contribution is -2.20. The van der Waals surface area contributed by atoms with E-state index in [-0.39, 0.29) is 0 Å². The van der Waals surface area contributed by atoms with Crippen LogP contribution in [0.2, 0.25) is 0 Å². The van der Waals surface area contributed by atoms with Crippen molar-refractivity contribution >= 4 is 5.82 Å². The van der Waals surface area contributed by atoms with Crippen LogP contribution in [0.4, 0.5) is 5.82 Å². The largest absolute Gasteiger partial charge is 0.370 e. The van der Waals surface area contributed by atoms with E-state index in [0.717, 1.165) is 31.4 Å². The second-order valence-corrected chi connectivity index (χ2v) is 3.60. The molecule has 1 aromatic rings. The van der Waals surface area contributed by atoms with E-state index >= 15 is 0 Å². The van der Waals surface area contributed by atoms with E-state index in [2.05, 4.69) is 20.6 Å². The molecule has 76 valence electrons. The molecule has 2 rings (SSSR count). The van der Waals surface area contributed by atoms with Gasteiger partial charge in [-0.2, -0.15) is 0 Å². The molecule has 1 aliphatic rings. The van der Waals surface area contributed by atoms with Gasteiger partial charge in [0.15, 0.2) is 0 Å². The van der Waals surface area contributed by atoms with Gasteiger partial charge in [0.05, 0.1) is 0 Å². The lowest BCUT2D eigenvalue weighted by Gasteiger charge is -2.05. The first-order chi connectivity index (χ1) is 6.95. The minimum absolute atomic E-state index is 0.814. The van der Waals surface area contributed by atoms with Crippen molar-refractivity contribution in [3.63, 3.8) is 0 Å². The van der Waals surface area contributed by atoms with Crippen LogP contribution in [0.25, 0.3) is 0 Å². The average molecular weight is 192 g/mol. The fourth-order valence-corrected chi connectivity index (χ4v) is 1.29. The summed E-state index contributed by atoms with van der Waals surface area (Å²) in [6, 6.07) is 2.70. The summed E-state index contributed by atoms with van der Waals surface area (Å²) < 4.78 is 0. The van der Waals surface area contributed by atoms with Crippen molar-refractivity contribution in [2.24, 2.45) is 0 Å². The van der Waals surface area contributed by atoms with Gasteiger partial charge in [0.25, 0.3) is 0 Å². The third kappa shape index (κ3) is 3.30. The van der Waals surface area contributed by atoms with Gasteiger partial charge in [0, 0.05) is 18.8 Å². The van der Waals surface area contributed by atoms with Crippen molar-refractivity contribution in [2.75, 3.05) is 18.4 Å². The third-order valence-electron chi connectivity index (χ3n) is 2.25. The molecule has 0 unspecified atom stereocenters. The van der Waals surface area contributed by atoms with Crippen LogP contribution in [0, 0.1) is 0 Å². The van der Waals surface area contributed by atoms with Gasteiger partial charge in [-0.3, -0.25) is 0 Å². The van der Waals surface area contributed by atoms with Gasteiger partial charge in [0.1, 0.15) is 12.1 Å². The molecule has 4 nitrogen and oxygen atoms in total. The number of nitrogens with one attached hydrogen (secondary N) is 2. The van der Waals surface area contributed by atoms with E-state index in [1.54, 1.807) is 12.5 Å². The quantitative estimate of drug-likeness (QED) is 0.661. The monoisotopic (exact) mass is 192 g/mol. The SMILES string of the molecule is c1cc(NCCCNC2CC2)ncn1. The summed E-state index contributed by atoms with van der Waals surface area (Å²) in [6.07, 6.45) is 7.17. The Bertz CT molecular complexity index is 258. The zero-order chi connectivity index (χ0) is 9.64. The summed E-state index contributed by atoms with van der Waals surface area (Å²) in [7, 11) is 0. The van der Waals surface area contributed by atoms with Crippen molar-refractivity contribution in [3.8, 4) is 0 Å². The summed E-state index contributed by atoms with van der Waals surface area (Å²) in [6.45, 7) is 2.07. The predicted octanol–water partition coefficient (Wildman–Crippen LogP) is 1.03. The molecule has 1 aliphatic carbocycles. The second kappa shape index (κ2) is 4.91. The average Bonchev–Trinajstić information content (AvgIpc) is 3.03. The Kier molecular flexibility index (Phi) is 3.29. The lowest BCUT2D eigenvalue weighted by molar-refractivity contribution is 0.658. The highest BCUT2D eigenvalue weighted by Gasteiger charge is 2.19. The van der Waals surface area contributed by atoms with Crippen LogP contribution in [-0.4, -0.2) is 29.1 Å². The van der Waals surface area contributed by atoms with Crippen LogP contribution < -0.4 is 10.6 Å². The van der Waals surface area contributed by atoms with Crippen LogP contribution >= 0.6 is 0 Å². The zero-order valence-corrected chi connectivity index (χ0v) is 8.24. The van der Waals surface area contributed by atoms with E-state index in [1.165, 1.54) is 12.8 Å². The summed E-state index contributed by atoms with van der Waals surface area (Å²) in [5.41, 5.74) is 0. The van der Waals surface area contributed by atoms with E-state index in [9.17, 15) is 0 Å². The summed E-state index contributed by atoms with van der Waals surface area (Å²) >= 11 is 0. The predicted molar refractivity (Wildman–Crippen MR) is 56.2 cm³/mol. The Morgan fingerprint density at radius 1 is 1.36 bits per heavy atom. The lowest BCUT2D eigenvalue weighted by atomic mass is 10.4. The smallest absolute Gasteiger partial charge is 0.129 e. The minimum Gasteiger partial charge on any atom is -0.370 e. The molecule has 0 saturated heterocycles. The molecule has 0 bridgehead atoms. The van der Waals surface area contributed by atoms with Crippen molar-refractivity contribution in [2.45, 2.75) is 25.3 Å². The number of aromatic nitrogens is 2. The normalized spacial score (nSPS) is 15.4. The van der Waals surface area contributed by atoms with E-state index < -0.39 is 0 Å². The first-order valence-corrected chi connectivity index (χ1v) is 5.18. The maximum Gasteiger partial charge on any atom is 0.129 e. The molecule has 0 spiro atoms. The van der Waals surface area contributed by atoms with Gasteiger partial charge in [-0.15, -0.1) is 0 Å². The summed E-state index contributed by atoms with van der Waals surface area (Å²) in [5.74, 6) is 0.909. The molecule has 1 heterocycles. The molecule has 1 saturated carbocycles. The molecule has 0 amide bonds. The topological polar surface area (TPSA) is 49.8 Å². The van der Waals surface area contributed by atoms with E-state index in [1.807, 2.05) is 6.07 Å². The Labute approximate surface area is 84.2 Å². The molecule has 0 atom stereocenters. The Morgan fingerprint density at radius 2 is 2.29 bits per heavy atom.